The molecule has 0 radical (unpaired) electrons. The molecule has 10 aromatic rings. The van der Waals surface area contributed by atoms with Gasteiger partial charge in [0.1, 0.15) is 0 Å². The lowest BCUT2D eigenvalue weighted by molar-refractivity contribution is 1.07. The molecule has 0 fully saturated rings. The van der Waals surface area contributed by atoms with Gasteiger partial charge in [-0.05, 0) is 82.4 Å². The van der Waals surface area contributed by atoms with Crippen molar-refractivity contribution in [2.75, 3.05) is 0 Å². The van der Waals surface area contributed by atoms with Crippen LogP contribution in [0.1, 0.15) is 16.4 Å². The average Bonchev–Trinajstić information content (AvgIpc) is 3.62. The van der Waals surface area contributed by atoms with Crippen molar-refractivity contribution in [3.8, 4) is 51.0 Å². The zero-order valence-corrected chi connectivity index (χ0v) is 32.8. The van der Waals surface area contributed by atoms with E-state index in [2.05, 4.69) is 152 Å². The molecule has 8 aromatic carbocycles. The molecule has 276 valence electrons. The van der Waals surface area contributed by atoms with E-state index < -0.39 is 0 Å². The lowest BCUT2D eigenvalue weighted by Crippen LogP contribution is -2.00. The number of aromatic nitrogens is 4. The van der Waals surface area contributed by atoms with Crippen LogP contribution in [0.25, 0.3) is 83.6 Å². The summed E-state index contributed by atoms with van der Waals surface area (Å²) in [5.74, 6) is 1.96. The van der Waals surface area contributed by atoms with E-state index in [1.165, 1.54) is 37.8 Å². The second kappa shape index (κ2) is 15.1. The van der Waals surface area contributed by atoms with E-state index in [0.717, 1.165) is 44.3 Å². The predicted molar refractivity (Wildman–Crippen MR) is 243 cm³/mol. The molecule has 1 atom stereocenters. The molecule has 2 aromatic heterocycles. The Morgan fingerprint density at radius 1 is 0.483 bits per heavy atom. The number of rotatable bonds is 9. The Labute approximate surface area is 342 Å². The van der Waals surface area contributed by atoms with E-state index in [4.69, 9.17) is 15.0 Å². The third-order valence-electron chi connectivity index (χ3n) is 10.8. The molecule has 0 amide bonds. The van der Waals surface area contributed by atoms with Gasteiger partial charge in [0.05, 0.1) is 16.3 Å². The van der Waals surface area contributed by atoms with Gasteiger partial charge in [0, 0.05) is 38.0 Å². The molecule has 5 heteroatoms. The van der Waals surface area contributed by atoms with Crippen LogP contribution in [-0.4, -0.2) is 19.5 Å². The average molecular weight is 763 g/mol. The topological polar surface area (TPSA) is 43.6 Å². The van der Waals surface area contributed by atoms with Gasteiger partial charge in [-0.15, -0.1) is 18.3 Å². The van der Waals surface area contributed by atoms with Gasteiger partial charge < -0.3 is 4.57 Å². The van der Waals surface area contributed by atoms with Crippen molar-refractivity contribution < 1.29 is 0 Å². The zero-order chi connectivity index (χ0) is 39.0. The van der Waals surface area contributed by atoms with Gasteiger partial charge in [-0.1, -0.05) is 152 Å². The summed E-state index contributed by atoms with van der Waals surface area (Å²) in [5.41, 5.74) is 11.2. The molecule has 1 unspecified atom stereocenters. The summed E-state index contributed by atoms with van der Waals surface area (Å²) in [4.78, 5) is 16.0. The van der Waals surface area contributed by atoms with Crippen LogP contribution in [0.3, 0.4) is 0 Å². The maximum absolute atomic E-state index is 4.95. The van der Waals surface area contributed by atoms with E-state index in [9.17, 15) is 0 Å². The van der Waals surface area contributed by atoms with E-state index in [1.54, 1.807) is 0 Å². The highest BCUT2D eigenvalue weighted by atomic mass is 32.2. The van der Waals surface area contributed by atoms with E-state index in [1.807, 2.05) is 72.4 Å². The van der Waals surface area contributed by atoms with Gasteiger partial charge in [0.25, 0.3) is 0 Å². The van der Waals surface area contributed by atoms with Crippen LogP contribution in [0.15, 0.2) is 206 Å². The smallest absolute Gasteiger partial charge is 0.164 e. The molecule has 58 heavy (non-hydrogen) atoms. The minimum absolute atomic E-state index is 0.124. The monoisotopic (exact) mass is 762 g/mol. The molecule has 0 spiro atoms. The number of hydrogen-bond acceptors (Lipinski definition) is 4. The molecule has 0 bridgehead atoms. The van der Waals surface area contributed by atoms with Gasteiger partial charge in [0.2, 0.25) is 0 Å². The third kappa shape index (κ3) is 6.66. The Hall–Kier alpha value is -7.08. The number of thioether (sulfide) groups is 1. The van der Waals surface area contributed by atoms with Gasteiger partial charge in [-0.2, -0.15) is 0 Å². The van der Waals surface area contributed by atoms with Crippen molar-refractivity contribution in [1.29, 1.82) is 0 Å². The van der Waals surface area contributed by atoms with Crippen LogP contribution in [0, 0.1) is 6.92 Å². The highest BCUT2D eigenvalue weighted by molar-refractivity contribution is 7.99. The maximum Gasteiger partial charge on any atom is 0.164 e. The summed E-state index contributed by atoms with van der Waals surface area (Å²) in [6, 6.07) is 66.4. The number of aryl methyl sites for hydroxylation is 1. The SMILES string of the molecule is C=CC(Sc1ccccc1C)c1ccc2c3ccccc3n(-c3ccc(-c4ccc5cc(-c6nc(-c7ccccc7)nc(-c7ccccc7)n6)ccc5c4)cc3)c2c1. The summed E-state index contributed by atoms with van der Waals surface area (Å²) in [7, 11) is 0. The molecule has 0 aliphatic carbocycles. The fourth-order valence-electron chi connectivity index (χ4n) is 7.83. The Balaban J connectivity index is 0.982. The van der Waals surface area contributed by atoms with Crippen LogP contribution < -0.4 is 0 Å². The Bertz CT molecular complexity index is 3060. The van der Waals surface area contributed by atoms with Crippen LogP contribution in [0.5, 0.6) is 0 Å². The first-order chi connectivity index (χ1) is 28.6. The molecule has 0 aliphatic heterocycles. The van der Waals surface area contributed by atoms with Crippen LogP contribution >= 0.6 is 11.8 Å². The number of nitrogens with zero attached hydrogens (tertiary/aromatic N) is 4. The molecular weight excluding hydrogens is 725 g/mol. The number of benzene rings is 8. The van der Waals surface area contributed by atoms with E-state index >= 15 is 0 Å². The summed E-state index contributed by atoms with van der Waals surface area (Å²) in [6.07, 6.45) is 2.06. The molecular formula is C53H38N4S. The van der Waals surface area contributed by atoms with Crippen LogP contribution in [-0.2, 0) is 0 Å². The molecule has 0 saturated heterocycles. The predicted octanol–water partition coefficient (Wildman–Crippen LogP) is 14.1. The number of fused-ring (bicyclic) bond motifs is 4. The zero-order valence-electron chi connectivity index (χ0n) is 32.0. The normalized spacial score (nSPS) is 11.9. The Morgan fingerprint density at radius 2 is 1.03 bits per heavy atom. The van der Waals surface area contributed by atoms with Crippen LogP contribution in [0.2, 0.25) is 0 Å². The molecule has 0 N–H and O–H groups in total. The van der Waals surface area contributed by atoms with Crippen molar-refractivity contribution in [3.05, 3.63) is 212 Å². The van der Waals surface area contributed by atoms with Gasteiger partial charge >= 0.3 is 0 Å². The standard InChI is InChI=1S/C53H38N4S/c1-3-49(58-50-21-13-10-14-35(50)2)42-28-31-46-45-19-11-12-20-47(45)57(48(46)34-42)44-29-26-36(27-30-44)39-22-23-41-33-43(25-24-40(41)32-39)53-55-51(37-15-6-4-7-16-37)54-52(56-53)38-17-8-5-9-18-38/h3-34,49H,1H2,2H3. The minimum atomic E-state index is 0.124. The first-order valence-electron chi connectivity index (χ1n) is 19.5. The molecule has 2 heterocycles. The highest BCUT2D eigenvalue weighted by Crippen LogP contribution is 2.41. The summed E-state index contributed by atoms with van der Waals surface area (Å²) < 4.78 is 2.39. The Kier molecular flexibility index (Phi) is 9.21. The maximum atomic E-state index is 4.95. The van der Waals surface area contributed by atoms with Crippen LogP contribution in [0.4, 0.5) is 0 Å². The molecule has 4 nitrogen and oxygen atoms in total. The van der Waals surface area contributed by atoms with Gasteiger partial charge in [0.15, 0.2) is 17.5 Å². The van der Waals surface area contributed by atoms with Crippen molar-refractivity contribution in [3.63, 3.8) is 0 Å². The largest absolute Gasteiger partial charge is 0.309 e. The van der Waals surface area contributed by atoms with Gasteiger partial charge in [-0.3, -0.25) is 0 Å². The first-order valence-corrected chi connectivity index (χ1v) is 20.4. The lowest BCUT2D eigenvalue weighted by Gasteiger charge is -2.16. The second-order valence-corrected chi connectivity index (χ2v) is 15.7. The van der Waals surface area contributed by atoms with Crippen molar-refractivity contribution >= 4 is 44.3 Å². The fraction of sp³-hybridized carbons (Fsp3) is 0.0377. The summed E-state index contributed by atoms with van der Waals surface area (Å²) >= 11 is 1.85. The van der Waals surface area contributed by atoms with Crippen molar-refractivity contribution in [1.82, 2.24) is 19.5 Å². The van der Waals surface area contributed by atoms with Crippen molar-refractivity contribution in [2.45, 2.75) is 17.1 Å². The van der Waals surface area contributed by atoms with Gasteiger partial charge in [-0.25, -0.2) is 15.0 Å². The van der Waals surface area contributed by atoms with Crippen molar-refractivity contribution in [2.24, 2.45) is 0 Å². The molecule has 0 saturated carbocycles. The Morgan fingerprint density at radius 3 is 1.71 bits per heavy atom. The summed E-state index contributed by atoms with van der Waals surface area (Å²) in [6.45, 7) is 6.40. The fourth-order valence-corrected chi connectivity index (χ4v) is 8.89. The molecule has 10 rings (SSSR count). The lowest BCUT2D eigenvalue weighted by atomic mass is 9.99. The highest BCUT2D eigenvalue weighted by Gasteiger charge is 2.17. The third-order valence-corrected chi connectivity index (χ3v) is 12.3. The second-order valence-electron chi connectivity index (χ2n) is 14.5. The summed E-state index contributed by atoms with van der Waals surface area (Å²) in [5, 5.41) is 4.89. The quantitative estimate of drug-likeness (QED) is 0.108. The number of para-hydroxylation sites is 1. The van der Waals surface area contributed by atoms with E-state index in [-0.39, 0.29) is 5.25 Å². The van der Waals surface area contributed by atoms with E-state index in [0.29, 0.717) is 17.5 Å². The number of hydrogen-bond donors (Lipinski definition) is 0. The first kappa shape index (κ1) is 35.3. The minimum Gasteiger partial charge on any atom is -0.309 e. The molecule has 0 aliphatic rings.